The number of nitrogens with zero attached hydrogens (tertiary/aromatic N) is 2. The molecule has 3 rings (SSSR count). The molecule has 1 aromatic carbocycles. The summed E-state index contributed by atoms with van der Waals surface area (Å²) < 4.78 is 20.4. The molecule has 0 aliphatic carbocycles. The van der Waals surface area contributed by atoms with Gasteiger partial charge in [0.2, 0.25) is 0 Å². The predicted octanol–water partition coefficient (Wildman–Crippen LogP) is 3.63. The number of aromatic amines is 1. The lowest BCUT2D eigenvalue weighted by molar-refractivity contribution is 0.0756. The molecule has 0 bridgehead atoms. The number of H-pyrrole nitrogens is 1. The molecule has 2 aromatic rings. The molecule has 0 radical (unpaired) electrons. The van der Waals surface area contributed by atoms with Crippen LogP contribution in [0.2, 0.25) is 0 Å². The first-order valence-electron chi connectivity index (χ1n) is 8.75. The first kappa shape index (κ1) is 17.0. The second-order valence-electron chi connectivity index (χ2n) is 6.94. The fourth-order valence-corrected chi connectivity index (χ4v) is 3.55. The zero-order valence-electron chi connectivity index (χ0n) is 14.9. The minimum absolute atomic E-state index is 0.0721. The number of likely N-dealkylation sites (tertiary alicyclic amines) is 1. The fraction of sp³-hybridized carbons (Fsp3) is 0.611. The molecule has 1 unspecified atom stereocenters. The Hall–Kier alpha value is -1.82. The number of ether oxygens (including phenoxy) is 1. The number of piperidine rings is 1. The van der Waals surface area contributed by atoms with E-state index in [2.05, 4.69) is 41.2 Å². The summed E-state index contributed by atoms with van der Waals surface area (Å²) in [5, 5.41) is 10.3. The number of hydrogen-bond donors (Lipinski definition) is 2. The molecule has 2 N–H and O–H groups in total. The number of rotatable bonds is 5. The quantitative estimate of drug-likeness (QED) is 0.877. The van der Waals surface area contributed by atoms with Gasteiger partial charge in [-0.1, -0.05) is 0 Å². The second-order valence-corrected chi connectivity index (χ2v) is 6.94. The van der Waals surface area contributed by atoms with Crippen LogP contribution in [0.25, 0.3) is 10.9 Å². The molecular weight excluding hydrogens is 307 g/mol. The Bertz CT molecular complexity index is 692. The van der Waals surface area contributed by atoms with Gasteiger partial charge in [0.1, 0.15) is 11.6 Å². The Kier molecular flexibility index (Phi) is 4.94. The summed E-state index contributed by atoms with van der Waals surface area (Å²) in [6.07, 6.45) is 2.32. The van der Waals surface area contributed by atoms with Crippen LogP contribution in [0.3, 0.4) is 0 Å². The Morgan fingerprint density at radius 2 is 2.00 bits per heavy atom. The first-order valence-corrected chi connectivity index (χ1v) is 8.75. The van der Waals surface area contributed by atoms with Crippen molar-refractivity contribution in [2.24, 2.45) is 5.92 Å². The molecule has 1 fully saturated rings. The maximum atomic E-state index is 14.4. The molecular formula is C18H27FN4O. The number of halogens is 1. The summed E-state index contributed by atoms with van der Waals surface area (Å²) in [5.74, 6) is 1.27. The van der Waals surface area contributed by atoms with Gasteiger partial charge in [-0.15, -0.1) is 0 Å². The molecule has 1 aliphatic rings. The number of anilines is 1. The molecule has 2 heterocycles. The topological polar surface area (TPSA) is 53.2 Å². The Morgan fingerprint density at radius 1 is 1.29 bits per heavy atom. The van der Waals surface area contributed by atoms with Gasteiger partial charge < -0.3 is 15.0 Å². The van der Waals surface area contributed by atoms with Crippen LogP contribution >= 0.6 is 0 Å². The van der Waals surface area contributed by atoms with Crippen LogP contribution in [-0.4, -0.2) is 47.4 Å². The van der Waals surface area contributed by atoms with Gasteiger partial charge >= 0.3 is 0 Å². The summed E-state index contributed by atoms with van der Waals surface area (Å²) in [7, 11) is 1.73. The van der Waals surface area contributed by atoms with Gasteiger partial charge in [-0.3, -0.25) is 5.10 Å². The van der Waals surface area contributed by atoms with Crippen molar-refractivity contribution < 1.29 is 9.13 Å². The summed E-state index contributed by atoms with van der Waals surface area (Å²) in [6.45, 7) is 8.78. The van der Waals surface area contributed by atoms with Gasteiger partial charge in [-0.2, -0.15) is 5.10 Å². The van der Waals surface area contributed by atoms with Gasteiger partial charge in [0, 0.05) is 25.2 Å². The molecule has 6 heteroatoms. The van der Waals surface area contributed by atoms with E-state index in [4.69, 9.17) is 4.74 Å². The summed E-state index contributed by atoms with van der Waals surface area (Å²) in [4.78, 5) is 2.50. The third kappa shape index (κ3) is 3.34. The molecule has 132 valence electrons. The third-order valence-corrected chi connectivity index (χ3v) is 5.12. The van der Waals surface area contributed by atoms with E-state index in [0.29, 0.717) is 34.4 Å². The van der Waals surface area contributed by atoms with Crippen molar-refractivity contribution in [2.75, 3.05) is 25.5 Å². The van der Waals surface area contributed by atoms with Gasteiger partial charge in [0.25, 0.3) is 0 Å². The monoisotopic (exact) mass is 334 g/mol. The molecule has 1 aliphatic heterocycles. The molecule has 0 amide bonds. The molecule has 1 saturated heterocycles. The van der Waals surface area contributed by atoms with E-state index in [0.717, 1.165) is 25.9 Å². The van der Waals surface area contributed by atoms with E-state index in [1.165, 1.54) is 6.07 Å². The number of fused-ring (bicyclic) bond motifs is 1. The number of hydrogen-bond acceptors (Lipinski definition) is 4. The average Bonchev–Trinajstić information content (AvgIpc) is 2.98. The zero-order chi connectivity index (χ0) is 17.3. The van der Waals surface area contributed by atoms with E-state index in [-0.39, 0.29) is 11.9 Å². The zero-order valence-corrected chi connectivity index (χ0v) is 14.9. The molecule has 0 spiro atoms. The predicted molar refractivity (Wildman–Crippen MR) is 95.1 cm³/mol. The van der Waals surface area contributed by atoms with E-state index in [9.17, 15) is 4.39 Å². The first-order chi connectivity index (χ1) is 11.5. The second kappa shape index (κ2) is 6.97. The van der Waals surface area contributed by atoms with Gasteiger partial charge in [0.05, 0.1) is 17.0 Å². The SMILES string of the molecule is CNc1n[nH]c2cc(OC(C)C3CCN(C(C)C)CC3)cc(F)c12. The van der Waals surface area contributed by atoms with Gasteiger partial charge in [0.15, 0.2) is 5.82 Å². The molecule has 1 atom stereocenters. The lowest BCUT2D eigenvalue weighted by Crippen LogP contribution is -2.41. The van der Waals surface area contributed by atoms with Crippen molar-refractivity contribution in [3.8, 4) is 5.75 Å². The standard InChI is InChI=1S/C18H27FN4O/c1-11(2)23-7-5-13(6-8-23)12(3)24-14-9-15(19)17-16(10-14)21-22-18(17)20-4/h9-13H,5-8H2,1-4H3,(H2,20,21,22). The highest BCUT2D eigenvalue weighted by Crippen LogP contribution is 2.30. The number of aromatic nitrogens is 2. The van der Waals surface area contributed by atoms with E-state index < -0.39 is 0 Å². The maximum absolute atomic E-state index is 14.4. The lowest BCUT2D eigenvalue weighted by Gasteiger charge is -2.36. The Balaban J connectivity index is 1.69. The van der Waals surface area contributed by atoms with Gasteiger partial charge in [-0.25, -0.2) is 4.39 Å². The van der Waals surface area contributed by atoms with Crippen LogP contribution in [0.15, 0.2) is 12.1 Å². The molecule has 0 saturated carbocycles. The van der Waals surface area contributed by atoms with Crippen molar-refractivity contribution in [3.63, 3.8) is 0 Å². The molecule has 5 nitrogen and oxygen atoms in total. The average molecular weight is 334 g/mol. The summed E-state index contributed by atoms with van der Waals surface area (Å²) in [6, 6.07) is 3.88. The van der Waals surface area contributed by atoms with Crippen LogP contribution in [0, 0.1) is 11.7 Å². The maximum Gasteiger partial charge on any atom is 0.158 e. The third-order valence-electron chi connectivity index (χ3n) is 5.12. The van der Waals surface area contributed by atoms with Gasteiger partial charge in [-0.05, 0) is 52.6 Å². The lowest BCUT2D eigenvalue weighted by atomic mass is 9.91. The molecule has 24 heavy (non-hydrogen) atoms. The van der Waals surface area contributed by atoms with Crippen LogP contribution in [0.1, 0.15) is 33.6 Å². The van der Waals surface area contributed by atoms with Crippen molar-refractivity contribution in [2.45, 2.75) is 45.8 Å². The Morgan fingerprint density at radius 3 is 2.62 bits per heavy atom. The van der Waals surface area contributed by atoms with Crippen molar-refractivity contribution in [1.82, 2.24) is 15.1 Å². The highest BCUT2D eigenvalue weighted by Gasteiger charge is 2.26. The molecule has 1 aromatic heterocycles. The van der Waals surface area contributed by atoms with Crippen molar-refractivity contribution in [3.05, 3.63) is 17.9 Å². The number of nitrogens with one attached hydrogen (secondary N) is 2. The fourth-order valence-electron chi connectivity index (χ4n) is 3.55. The summed E-state index contributed by atoms with van der Waals surface area (Å²) >= 11 is 0. The minimum atomic E-state index is -0.317. The highest BCUT2D eigenvalue weighted by atomic mass is 19.1. The number of benzene rings is 1. The minimum Gasteiger partial charge on any atom is -0.490 e. The smallest absolute Gasteiger partial charge is 0.158 e. The van der Waals surface area contributed by atoms with Crippen LogP contribution in [0.4, 0.5) is 10.2 Å². The van der Waals surface area contributed by atoms with Crippen LogP contribution < -0.4 is 10.1 Å². The van der Waals surface area contributed by atoms with Crippen molar-refractivity contribution in [1.29, 1.82) is 0 Å². The normalized spacial score (nSPS) is 18.2. The van der Waals surface area contributed by atoms with E-state index in [1.807, 2.05) is 6.07 Å². The summed E-state index contributed by atoms with van der Waals surface area (Å²) in [5.41, 5.74) is 0.649. The largest absolute Gasteiger partial charge is 0.490 e. The Labute approximate surface area is 142 Å². The van der Waals surface area contributed by atoms with Crippen molar-refractivity contribution >= 4 is 16.7 Å². The van der Waals surface area contributed by atoms with Crippen LogP contribution in [-0.2, 0) is 0 Å². The highest BCUT2D eigenvalue weighted by molar-refractivity contribution is 5.91. The van der Waals surface area contributed by atoms with Crippen LogP contribution in [0.5, 0.6) is 5.75 Å². The van der Waals surface area contributed by atoms with E-state index in [1.54, 1.807) is 7.05 Å². The van der Waals surface area contributed by atoms with E-state index >= 15 is 0 Å².